The van der Waals surface area contributed by atoms with Crippen LogP contribution in [0.25, 0.3) is 0 Å². The summed E-state index contributed by atoms with van der Waals surface area (Å²) in [7, 11) is 0. The SMILES string of the molecule is CC/C(=N\NC(=O)c1ccc(OCc2ccccc2)cc1)c1ccccc1. The number of carbonyl (C=O) groups excluding carboxylic acids is 1. The van der Waals surface area contributed by atoms with Gasteiger partial charge in [0.1, 0.15) is 12.4 Å². The first-order valence-electron chi connectivity index (χ1n) is 8.95. The number of rotatable bonds is 7. The zero-order valence-electron chi connectivity index (χ0n) is 15.3. The lowest BCUT2D eigenvalue weighted by atomic mass is 10.1. The first-order valence-corrected chi connectivity index (χ1v) is 8.95. The van der Waals surface area contributed by atoms with Crippen molar-refractivity contribution in [2.75, 3.05) is 0 Å². The molecule has 0 aromatic heterocycles. The molecule has 0 unspecified atom stereocenters. The van der Waals surface area contributed by atoms with Gasteiger partial charge in [0.05, 0.1) is 5.71 Å². The summed E-state index contributed by atoms with van der Waals surface area (Å²) in [5.74, 6) is 0.476. The van der Waals surface area contributed by atoms with Gasteiger partial charge in [-0.1, -0.05) is 67.6 Å². The number of hydrogen-bond donors (Lipinski definition) is 1. The van der Waals surface area contributed by atoms with Gasteiger partial charge in [0.2, 0.25) is 0 Å². The number of nitrogens with zero attached hydrogens (tertiary/aromatic N) is 1. The minimum Gasteiger partial charge on any atom is -0.489 e. The fourth-order valence-corrected chi connectivity index (χ4v) is 2.60. The van der Waals surface area contributed by atoms with Crippen molar-refractivity contribution >= 4 is 11.6 Å². The third kappa shape index (κ3) is 5.28. The molecule has 27 heavy (non-hydrogen) atoms. The van der Waals surface area contributed by atoms with Crippen LogP contribution in [0.2, 0.25) is 0 Å². The van der Waals surface area contributed by atoms with Crippen molar-refractivity contribution in [3.63, 3.8) is 0 Å². The molecule has 0 heterocycles. The molecule has 0 aliphatic heterocycles. The van der Waals surface area contributed by atoms with Gasteiger partial charge in [0.15, 0.2) is 0 Å². The van der Waals surface area contributed by atoms with Crippen molar-refractivity contribution in [3.05, 3.63) is 102 Å². The molecule has 3 rings (SSSR count). The van der Waals surface area contributed by atoms with E-state index in [1.165, 1.54) is 0 Å². The van der Waals surface area contributed by atoms with Gasteiger partial charge in [-0.3, -0.25) is 4.79 Å². The highest BCUT2D eigenvalue weighted by Gasteiger charge is 2.06. The molecule has 1 N–H and O–H groups in total. The molecule has 0 aliphatic carbocycles. The second kappa shape index (κ2) is 9.34. The molecule has 0 aliphatic rings. The Hall–Kier alpha value is -3.40. The van der Waals surface area contributed by atoms with Crippen LogP contribution in [0.5, 0.6) is 5.75 Å². The summed E-state index contributed by atoms with van der Waals surface area (Å²) >= 11 is 0. The second-order valence-electron chi connectivity index (χ2n) is 6.02. The molecule has 0 fully saturated rings. The molecule has 0 atom stereocenters. The van der Waals surface area contributed by atoms with Crippen LogP contribution >= 0.6 is 0 Å². The molecule has 0 radical (unpaired) electrons. The largest absolute Gasteiger partial charge is 0.489 e. The van der Waals surface area contributed by atoms with E-state index < -0.39 is 0 Å². The maximum atomic E-state index is 12.3. The number of ether oxygens (including phenoxy) is 1. The highest BCUT2D eigenvalue weighted by Crippen LogP contribution is 2.14. The standard InChI is InChI=1S/C23H22N2O2/c1-2-22(19-11-7-4-8-12-19)24-25-23(26)20-13-15-21(16-14-20)27-17-18-9-5-3-6-10-18/h3-16H,2,17H2,1H3,(H,25,26)/b24-22+. The zero-order valence-corrected chi connectivity index (χ0v) is 15.3. The quantitative estimate of drug-likeness (QED) is 0.487. The van der Waals surface area contributed by atoms with Gasteiger partial charge in [-0.15, -0.1) is 0 Å². The predicted molar refractivity (Wildman–Crippen MR) is 108 cm³/mol. The zero-order chi connectivity index (χ0) is 18.9. The van der Waals surface area contributed by atoms with Crippen molar-refractivity contribution in [1.82, 2.24) is 5.43 Å². The fraction of sp³-hybridized carbons (Fsp3) is 0.130. The molecule has 0 saturated heterocycles. The van der Waals surface area contributed by atoms with E-state index in [1.807, 2.05) is 67.6 Å². The molecule has 0 saturated carbocycles. The van der Waals surface area contributed by atoms with Gasteiger partial charge in [-0.2, -0.15) is 5.10 Å². The number of amides is 1. The van der Waals surface area contributed by atoms with E-state index in [0.29, 0.717) is 12.2 Å². The van der Waals surface area contributed by atoms with Crippen molar-refractivity contribution in [2.24, 2.45) is 5.10 Å². The Kier molecular flexibility index (Phi) is 6.36. The molecule has 0 spiro atoms. The molecule has 4 heteroatoms. The van der Waals surface area contributed by atoms with Crippen LogP contribution in [0.4, 0.5) is 0 Å². The lowest BCUT2D eigenvalue weighted by Crippen LogP contribution is -2.19. The molecule has 4 nitrogen and oxygen atoms in total. The Labute approximate surface area is 159 Å². The Morgan fingerprint density at radius 3 is 2.11 bits per heavy atom. The van der Waals surface area contributed by atoms with Gasteiger partial charge in [-0.05, 0) is 41.8 Å². The lowest BCUT2D eigenvalue weighted by Gasteiger charge is -2.08. The second-order valence-corrected chi connectivity index (χ2v) is 6.02. The molecule has 3 aromatic carbocycles. The molecule has 136 valence electrons. The average molecular weight is 358 g/mol. The summed E-state index contributed by atoms with van der Waals surface area (Å²) < 4.78 is 5.74. The van der Waals surface area contributed by atoms with Gasteiger partial charge in [-0.25, -0.2) is 5.43 Å². The van der Waals surface area contributed by atoms with Gasteiger partial charge >= 0.3 is 0 Å². The monoisotopic (exact) mass is 358 g/mol. The van der Waals surface area contributed by atoms with Crippen LogP contribution in [0.3, 0.4) is 0 Å². The Morgan fingerprint density at radius 2 is 1.48 bits per heavy atom. The lowest BCUT2D eigenvalue weighted by molar-refractivity contribution is 0.0954. The van der Waals surface area contributed by atoms with E-state index >= 15 is 0 Å². The minimum atomic E-state index is -0.244. The average Bonchev–Trinajstić information content (AvgIpc) is 2.74. The van der Waals surface area contributed by atoms with Crippen molar-refractivity contribution in [1.29, 1.82) is 0 Å². The van der Waals surface area contributed by atoms with Crippen LogP contribution in [-0.4, -0.2) is 11.6 Å². The number of hydrogen-bond acceptors (Lipinski definition) is 3. The Balaban J connectivity index is 1.59. The maximum Gasteiger partial charge on any atom is 0.271 e. The third-order valence-corrected chi connectivity index (χ3v) is 4.10. The van der Waals surface area contributed by atoms with E-state index in [1.54, 1.807) is 24.3 Å². The first kappa shape index (κ1) is 18.4. The van der Waals surface area contributed by atoms with Gasteiger partial charge in [0, 0.05) is 5.56 Å². The Morgan fingerprint density at radius 1 is 0.852 bits per heavy atom. The third-order valence-electron chi connectivity index (χ3n) is 4.10. The van der Waals surface area contributed by atoms with Crippen LogP contribution in [0.1, 0.15) is 34.8 Å². The normalized spacial score (nSPS) is 11.1. The molecular formula is C23H22N2O2. The highest BCUT2D eigenvalue weighted by molar-refractivity contribution is 6.02. The molecule has 0 bridgehead atoms. The summed E-state index contributed by atoms with van der Waals surface area (Å²) in [4.78, 5) is 12.3. The molecule has 1 amide bonds. The van der Waals surface area contributed by atoms with Crippen LogP contribution in [-0.2, 0) is 6.61 Å². The van der Waals surface area contributed by atoms with E-state index in [9.17, 15) is 4.79 Å². The van der Waals surface area contributed by atoms with E-state index in [-0.39, 0.29) is 5.91 Å². The maximum absolute atomic E-state index is 12.3. The Bertz CT molecular complexity index is 889. The molecule has 3 aromatic rings. The van der Waals surface area contributed by atoms with Gasteiger partial charge < -0.3 is 4.74 Å². The number of hydrazone groups is 1. The summed E-state index contributed by atoms with van der Waals surface area (Å²) in [5, 5.41) is 4.27. The summed E-state index contributed by atoms with van der Waals surface area (Å²) in [6.45, 7) is 2.50. The van der Waals surface area contributed by atoms with Crippen LogP contribution in [0.15, 0.2) is 90.0 Å². The van der Waals surface area contributed by atoms with E-state index in [0.717, 1.165) is 29.0 Å². The fourth-order valence-electron chi connectivity index (χ4n) is 2.60. The molecular weight excluding hydrogens is 336 g/mol. The smallest absolute Gasteiger partial charge is 0.271 e. The number of carbonyl (C=O) groups is 1. The van der Waals surface area contributed by atoms with Gasteiger partial charge in [0.25, 0.3) is 5.91 Å². The number of benzene rings is 3. The topological polar surface area (TPSA) is 50.7 Å². The highest BCUT2D eigenvalue weighted by atomic mass is 16.5. The van der Waals surface area contributed by atoms with Crippen molar-refractivity contribution < 1.29 is 9.53 Å². The van der Waals surface area contributed by atoms with Crippen molar-refractivity contribution in [3.8, 4) is 5.75 Å². The van der Waals surface area contributed by atoms with Crippen LogP contribution < -0.4 is 10.2 Å². The van der Waals surface area contributed by atoms with Crippen molar-refractivity contribution in [2.45, 2.75) is 20.0 Å². The number of nitrogens with one attached hydrogen (secondary N) is 1. The first-order chi connectivity index (χ1) is 13.3. The minimum absolute atomic E-state index is 0.244. The van der Waals surface area contributed by atoms with E-state index in [4.69, 9.17) is 4.74 Å². The summed E-state index contributed by atoms with van der Waals surface area (Å²) in [5.41, 5.74) is 6.11. The summed E-state index contributed by atoms with van der Waals surface area (Å²) in [6.07, 6.45) is 0.733. The summed E-state index contributed by atoms with van der Waals surface area (Å²) in [6, 6.07) is 26.8. The van der Waals surface area contributed by atoms with E-state index in [2.05, 4.69) is 10.5 Å². The predicted octanol–water partition coefficient (Wildman–Crippen LogP) is 4.81. The van der Waals surface area contributed by atoms with Crippen LogP contribution in [0, 0.1) is 0 Å².